The van der Waals surface area contributed by atoms with Gasteiger partial charge in [0.15, 0.2) is 0 Å². The molecule has 0 aliphatic heterocycles. The summed E-state index contributed by atoms with van der Waals surface area (Å²) in [5.74, 6) is 0. The molecule has 1 saturated carbocycles. The molecule has 0 saturated heterocycles. The molecule has 0 radical (unpaired) electrons. The molecule has 146 valence electrons. The molecule has 25 heavy (non-hydrogen) atoms. The number of hydrogen-bond donors (Lipinski definition) is 2. The Kier molecular flexibility index (Phi) is 12.4. The van der Waals surface area contributed by atoms with Crippen molar-refractivity contribution in [2.24, 2.45) is 5.10 Å². The molecule has 1 atom stereocenters. The van der Waals surface area contributed by atoms with Gasteiger partial charge in [-0.3, -0.25) is 10.7 Å². The van der Waals surface area contributed by atoms with Crippen LogP contribution in [-0.4, -0.2) is 22.8 Å². The van der Waals surface area contributed by atoms with E-state index in [2.05, 4.69) is 31.5 Å². The molecule has 1 fully saturated rings. The first kappa shape index (κ1) is 22.6. The maximum absolute atomic E-state index is 5.72. The van der Waals surface area contributed by atoms with Gasteiger partial charge in [0.25, 0.3) is 0 Å². The van der Waals surface area contributed by atoms with Gasteiger partial charge in [0.1, 0.15) is 5.66 Å². The van der Waals surface area contributed by atoms with Crippen LogP contribution >= 0.6 is 12.2 Å². The molecule has 1 rings (SSSR count). The molecule has 0 heterocycles. The quantitative estimate of drug-likeness (QED) is 0.235. The summed E-state index contributed by atoms with van der Waals surface area (Å²) in [6.07, 6.45) is 17.3. The molecule has 0 aromatic rings. The van der Waals surface area contributed by atoms with Crippen molar-refractivity contribution in [3.05, 3.63) is 0 Å². The minimum Gasteiger partial charge on any atom is -0.294 e. The van der Waals surface area contributed by atoms with Crippen molar-refractivity contribution in [3.63, 3.8) is 0 Å². The Morgan fingerprint density at radius 3 is 2.12 bits per heavy atom. The van der Waals surface area contributed by atoms with Gasteiger partial charge in [-0.1, -0.05) is 77.4 Å². The van der Waals surface area contributed by atoms with Crippen LogP contribution < -0.4 is 10.7 Å². The molecule has 0 aromatic carbocycles. The average molecular weight is 368 g/mol. The summed E-state index contributed by atoms with van der Waals surface area (Å²) < 4.78 is 0. The van der Waals surface area contributed by atoms with Crippen molar-refractivity contribution in [1.82, 2.24) is 10.7 Å². The van der Waals surface area contributed by atoms with Gasteiger partial charge in [0.2, 0.25) is 0 Å². The van der Waals surface area contributed by atoms with Crippen LogP contribution in [-0.2, 0) is 0 Å². The van der Waals surface area contributed by atoms with Crippen LogP contribution in [0.1, 0.15) is 111 Å². The van der Waals surface area contributed by atoms with E-state index in [9.17, 15) is 0 Å². The van der Waals surface area contributed by atoms with Crippen LogP contribution in [0.5, 0.6) is 0 Å². The van der Waals surface area contributed by atoms with Crippen LogP contribution in [0.3, 0.4) is 0 Å². The number of thiocarbonyl (C=S) groups is 1. The first-order valence-corrected chi connectivity index (χ1v) is 11.1. The van der Waals surface area contributed by atoms with Crippen molar-refractivity contribution < 1.29 is 0 Å². The highest BCUT2D eigenvalue weighted by atomic mass is 32.1. The molecule has 0 spiro atoms. The van der Waals surface area contributed by atoms with Gasteiger partial charge in [0.05, 0.1) is 5.71 Å². The minimum atomic E-state index is -0.129. The van der Waals surface area contributed by atoms with Crippen LogP contribution in [0, 0.1) is 0 Å². The first-order valence-electron chi connectivity index (χ1n) is 10.7. The Hall–Kier alpha value is -0.480. The molecule has 0 unspecified atom stereocenters. The smallest absolute Gasteiger partial charge is 0.102 e. The monoisotopic (exact) mass is 367 g/mol. The third-order valence-electron chi connectivity index (χ3n) is 5.12. The molecule has 0 amide bonds. The average Bonchev–Trinajstić information content (AvgIpc) is 2.58. The van der Waals surface area contributed by atoms with E-state index in [4.69, 9.17) is 17.3 Å². The minimum absolute atomic E-state index is 0.129. The van der Waals surface area contributed by atoms with Gasteiger partial charge in [-0.15, -0.1) is 0 Å². The van der Waals surface area contributed by atoms with E-state index in [1.807, 2.05) is 0 Å². The predicted molar refractivity (Wildman–Crippen MR) is 116 cm³/mol. The number of rotatable bonds is 8. The van der Waals surface area contributed by atoms with Crippen molar-refractivity contribution >= 4 is 22.8 Å². The molecule has 1 aliphatic carbocycles. The molecule has 0 aromatic heterocycles. The van der Waals surface area contributed by atoms with Crippen molar-refractivity contribution in [2.45, 2.75) is 116 Å². The highest BCUT2D eigenvalue weighted by molar-refractivity contribution is 7.82. The largest absolute Gasteiger partial charge is 0.294 e. The molecular formula is C21H41N3S. The predicted octanol–water partition coefficient (Wildman–Crippen LogP) is 6.12. The van der Waals surface area contributed by atoms with Gasteiger partial charge >= 0.3 is 0 Å². The highest BCUT2D eigenvalue weighted by Crippen LogP contribution is 2.15. The van der Waals surface area contributed by atoms with E-state index < -0.39 is 0 Å². The second kappa shape index (κ2) is 13.7. The fourth-order valence-electron chi connectivity index (χ4n) is 3.46. The second-order valence-corrected chi connectivity index (χ2v) is 8.28. The van der Waals surface area contributed by atoms with E-state index in [0.717, 1.165) is 42.8 Å². The Morgan fingerprint density at radius 2 is 1.52 bits per heavy atom. The SMILES string of the molecule is CCCCN[C@@](C)(CCC)NN=C1CCCCCCCCCCC1=S. The summed E-state index contributed by atoms with van der Waals surface area (Å²) in [4.78, 5) is 1.08. The maximum Gasteiger partial charge on any atom is 0.102 e. The highest BCUT2D eigenvalue weighted by Gasteiger charge is 2.21. The first-order chi connectivity index (χ1) is 12.1. The number of hydrogen-bond acceptors (Lipinski definition) is 4. The Labute approximate surface area is 161 Å². The molecule has 2 N–H and O–H groups in total. The molecule has 3 nitrogen and oxygen atoms in total. The van der Waals surface area contributed by atoms with Crippen molar-refractivity contribution in [2.75, 3.05) is 6.54 Å². The van der Waals surface area contributed by atoms with E-state index >= 15 is 0 Å². The lowest BCUT2D eigenvalue weighted by Crippen LogP contribution is -2.53. The van der Waals surface area contributed by atoms with Gasteiger partial charge < -0.3 is 0 Å². The third-order valence-corrected chi connectivity index (χ3v) is 5.56. The summed E-state index contributed by atoms with van der Waals surface area (Å²) >= 11 is 5.72. The lowest BCUT2D eigenvalue weighted by molar-refractivity contribution is 0.264. The third kappa shape index (κ3) is 10.3. The van der Waals surface area contributed by atoms with Crippen molar-refractivity contribution in [3.8, 4) is 0 Å². The van der Waals surface area contributed by atoms with E-state index in [1.54, 1.807) is 0 Å². The van der Waals surface area contributed by atoms with E-state index in [0.29, 0.717) is 0 Å². The fourth-order valence-corrected chi connectivity index (χ4v) is 3.75. The van der Waals surface area contributed by atoms with Gasteiger partial charge in [0, 0.05) is 4.86 Å². The fraction of sp³-hybridized carbons (Fsp3) is 0.905. The molecule has 1 aliphatic rings. The maximum atomic E-state index is 5.72. The Bertz CT molecular complexity index is 395. The lowest BCUT2D eigenvalue weighted by Gasteiger charge is -2.31. The van der Waals surface area contributed by atoms with Gasteiger partial charge in [-0.2, -0.15) is 5.10 Å². The zero-order valence-corrected chi connectivity index (χ0v) is 17.8. The van der Waals surface area contributed by atoms with E-state index in [-0.39, 0.29) is 5.66 Å². The summed E-state index contributed by atoms with van der Waals surface area (Å²) in [5.41, 5.74) is 4.46. The summed E-state index contributed by atoms with van der Waals surface area (Å²) in [6.45, 7) is 7.73. The summed E-state index contributed by atoms with van der Waals surface area (Å²) in [5, 5.41) is 8.48. The van der Waals surface area contributed by atoms with Crippen LogP contribution in [0.4, 0.5) is 0 Å². The molecule has 0 bridgehead atoms. The second-order valence-electron chi connectivity index (χ2n) is 7.78. The standard InChI is InChI=1S/C21H41N3S/c1-4-6-18-22-21(3,17-5-2)24-23-19-15-13-11-9-7-8-10-12-14-16-20(19)25/h22,24H,4-18H2,1-3H3/t21-/m1/s1. The number of nitrogens with zero attached hydrogens (tertiary/aromatic N) is 1. The number of nitrogens with one attached hydrogen (secondary N) is 2. The number of hydrazone groups is 1. The van der Waals surface area contributed by atoms with Crippen molar-refractivity contribution in [1.29, 1.82) is 0 Å². The summed E-state index contributed by atoms with van der Waals surface area (Å²) in [6, 6.07) is 0. The van der Waals surface area contributed by atoms with Crippen LogP contribution in [0.15, 0.2) is 5.10 Å². The Balaban J connectivity index is 2.68. The molecular weight excluding hydrogens is 326 g/mol. The van der Waals surface area contributed by atoms with Gasteiger partial charge in [-0.05, 0) is 52.0 Å². The van der Waals surface area contributed by atoms with E-state index in [1.165, 1.54) is 64.2 Å². The normalized spacial score (nSPS) is 22.0. The van der Waals surface area contributed by atoms with Gasteiger partial charge in [-0.25, -0.2) is 0 Å². The molecule has 4 heteroatoms. The Morgan fingerprint density at radius 1 is 0.920 bits per heavy atom. The zero-order chi connectivity index (χ0) is 18.4. The lowest BCUT2D eigenvalue weighted by atomic mass is 10.00. The topological polar surface area (TPSA) is 36.4 Å². The summed E-state index contributed by atoms with van der Waals surface area (Å²) in [7, 11) is 0. The number of unbranched alkanes of at least 4 members (excludes halogenated alkanes) is 1. The van der Waals surface area contributed by atoms with Crippen LogP contribution in [0.2, 0.25) is 0 Å². The zero-order valence-electron chi connectivity index (χ0n) is 17.0. The van der Waals surface area contributed by atoms with Crippen LogP contribution in [0.25, 0.3) is 0 Å².